The molecular formula is C24H19BrN2O5. The third kappa shape index (κ3) is 3.23. The number of aromatic hydroxyl groups is 1. The number of anilines is 2. The summed E-state index contributed by atoms with van der Waals surface area (Å²) in [6.07, 6.45) is -0.962. The van der Waals surface area contributed by atoms with Gasteiger partial charge in [-0.05, 0) is 54.1 Å². The van der Waals surface area contributed by atoms with Crippen LogP contribution in [0.4, 0.5) is 11.4 Å². The van der Waals surface area contributed by atoms with Gasteiger partial charge >= 0.3 is 0 Å². The van der Waals surface area contributed by atoms with E-state index in [4.69, 9.17) is 9.57 Å². The van der Waals surface area contributed by atoms with Crippen LogP contribution in [-0.2, 0) is 14.4 Å². The molecule has 2 aliphatic rings. The molecule has 2 heterocycles. The molecular weight excluding hydrogens is 476 g/mol. The Kier molecular flexibility index (Phi) is 5.11. The average Bonchev–Trinajstić information content (AvgIpc) is 3.32. The number of methoxy groups -OCH3 is 1. The highest BCUT2D eigenvalue weighted by atomic mass is 79.9. The molecule has 2 fully saturated rings. The van der Waals surface area contributed by atoms with E-state index in [1.807, 2.05) is 30.3 Å². The van der Waals surface area contributed by atoms with Crippen LogP contribution in [0.2, 0.25) is 0 Å². The molecule has 0 aliphatic carbocycles. The van der Waals surface area contributed by atoms with Crippen LogP contribution in [0, 0.1) is 5.92 Å². The molecule has 162 valence electrons. The second-order valence-electron chi connectivity index (χ2n) is 7.58. The number of carbonyl (C=O) groups is 2. The Morgan fingerprint density at radius 3 is 2.34 bits per heavy atom. The van der Waals surface area contributed by atoms with Crippen LogP contribution in [0.15, 0.2) is 77.3 Å². The van der Waals surface area contributed by atoms with Crippen LogP contribution in [-0.4, -0.2) is 30.1 Å². The summed E-state index contributed by atoms with van der Waals surface area (Å²) in [6.45, 7) is 0. The largest absolute Gasteiger partial charge is 0.504 e. The maximum absolute atomic E-state index is 13.6. The van der Waals surface area contributed by atoms with Crippen molar-refractivity contribution in [3.8, 4) is 11.5 Å². The van der Waals surface area contributed by atoms with Crippen LogP contribution in [0.25, 0.3) is 0 Å². The number of para-hydroxylation sites is 1. The van der Waals surface area contributed by atoms with E-state index < -0.39 is 24.0 Å². The quantitative estimate of drug-likeness (QED) is 0.547. The summed E-state index contributed by atoms with van der Waals surface area (Å²) in [5, 5.41) is 11.7. The van der Waals surface area contributed by atoms with Gasteiger partial charge in [-0.25, -0.2) is 9.96 Å². The van der Waals surface area contributed by atoms with Gasteiger partial charge < -0.3 is 9.84 Å². The fraction of sp³-hybridized carbons (Fsp3) is 0.167. The van der Waals surface area contributed by atoms with Gasteiger partial charge in [0.25, 0.3) is 5.91 Å². The van der Waals surface area contributed by atoms with Crippen molar-refractivity contribution in [3.63, 3.8) is 0 Å². The minimum Gasteiger partial charge on any atom is -0.504 e. The van der Waals surface area contributed by atoms with Gasteiger partial charge in [-0.1, -0.05) is 40.2 Å². The van der Waals surface area contributed by atoms with E-state index >= 15 is 0 Å². The number of carbonyl (C=O) groups excluding carboxylic acids is 2. The molecule has 2 amide bonds. The molecule has 3 atom stereocenters. The number of fused-ring (bicyclic) bond motifs is 1. The maximum atomic E-state index is 13.6. The summed E-state index contributed by atoms with van der Waals surface area (Å²) in [5.41, 5.74) is 1.90. The molecule has 0 unspecified atom stereocenters. The lowest BCUT2D eigenvalue weighted by molar-refractivity contribution is -0.126. The Morgan fingerprint density at radius 1 is 0.938 bits per heavy atom. The van der Waals surface area contributed by atoms with Crippen molar-refractivity contribution >= 4 is 39.1 Å². The number of benzene rings is 3. The summed E-state index contributed by atoms with van der Waals surface area (Å²) in [4.78, 5) is 34.2. The van der Waals surface area contributed by atoms with Crippen LogP contribution in [0.1, 0.15) is 11.6 Å². The molecule has 3 aromatic carbocycles. The van der Waals surface area contributed by atoms with Crippen LogP contribution < -0.4 is 14.7 Å². The molecule has 0 saturated carbocycles. The van der Waals surface area contributed by atoms with Crippen LogP contribution in [0.5, 0.6) is 11.5 Å². The van der Waals surface area contributed by atoms with Crippen LogP contribution in [0.3, 0.4) is 0 Å². The van der Waals surface area contributed by atoms with E-state index in [-0.39, 0.29) is 17.4 Å². The first-order valence-electron chi connectivity index (χ1n) is 10.0. The van der Waals surface area contributed by atoms with Gasteiger partial charge in [-0.3, -0.25) is 14.4 Å². The first-order chi connectivity index (χ1) is 15.5. The fourth-order valence-corrected chi connectivity index (χ4v) is 4.54. The maximum Gasteiger partial charge on any atom is 0.266 e. The molecule has 0 aromatic heterocycles. The Hall–Kier alpha value is -3.36. The van der Waals surface area contributed by atoms with Crippen molar-refractivity contribution < 1.29 is 24.3 Å². The highest BCUT2D eigenvalue weighted by Crippen LogP contribution is 2.48. The van der Waals surface area contributed by atoms with E-state index in [0.717, 1.165) is 10.2 Å². The summed E-state index contributed by atoms with van der Waals surface area (Å²) < 4.78 is 6.12. The number of phenols is 1. The smallest absolute Gasteiger partial charge is 0.266 e. The number of hydrogen-bond donors (Lipinski definition) is 1. The van der Waals surface area contributed by atoms with Crippen LogP contribution >= 0.6 is 15.9 Å². The van der Waals surface area contributed by atoms with E-state index in [0.29, 0.717) is 11.3 Å². The second kappa shape index (κ2) is 7.96. The third-order valence-electron chi connectivity index (χ3n) is 5.76. The number of halogens is 1. The summed E-state index contributed by atoms with van der Waals surface area (Å²) >= 11 is 3.37. The summed E-state index contributed by atoms with van der Waals surface area (Å²) in [6, 6.07) is 20.6. The standard InChI is InChI=1S/C24H19BrN2O5/c1-31-19-13-14(7-12-18(19)28)21-20-22(32-27(21)17-5-3-2-4-6-17)24(30)26(23(20)29)16-10-8-15(25)9-11-16/h2-13,20-22,28H,1H3/t20-,21+,22-/m1/s1. The van der Waals surface area contributed by atoms with Crippen molar-refractivity contribution in [2.45, 2.75) is 12.1 Å². The van der Waals surface area contributed by atoms with Gasteiger partial charge in [-0.15, -0.1) is 0 Å². The Labute approximate surface area is 192 Å². The van der Waals surface area contributed by atoms with Crippen molar-refractivity contribution in [2.24, 2.45) is 5.92 Å². The fourth-order valence-electron chi connectivity index (χ4n) is 4.28. The lowest BCUT2D eigenvalue weighted by atomic mass is 9.90. The zero-order chi connectivity index (χ0) is 22.4. The number of hydrogen-bond acceptors (Lipinski definition) is 6. The molecule has 0 radical (unpaired) electrons. The van der Waals surface area contributed by atoms with E-state index in [1.165, 1.54) is 18.1 Å². The van der Waals surface area contributed by atoms with Crippen molar-refractivity contribution in [1.82, 2.24) is 0 Å². The lowest BCUT2D eigenvalue weighted by Crippen LogP contribution is -2.37. The minimum absolute atomic E-state index is 0.0108. The van der Waals surface area contributed by atoms with Crippen molar-refractivity contribution in [2.75, 3.05) is 17.1 Å². The first-order valence-corrected chi connectivity index (χ1v) is 10.8. The highest BCUT2D eigenvalue weighted by Gasteiger charge is 2.60. The molecule has 5 rings (SSSR count). The normalized spacial score (nSPS) is 22.4. The zero-order valence-corrected chi connectivity index (χ0v) is 18.6. The molecule has 0 bridgehead atoms. The first kappa shape index (κ1) is 20.5. The second-order valence-corrected chi connectivity index (χ2v) is 8.49. The van der Waals surface area contributed by atoms with Gasteiger partial charge in [0.15, 0.2) is 17.6 Å². The zero-order valence-electron chi connectivity index (χ0n) is 17.0. The number of imide groups is 1. The molecule has 0 spiro atoms. The van der Waals surface area contributed by atoms with E-state index in [9.17, 15) is 14.7 Å². The summed E-state index contributed by atoms with van der Waals surface area (Å²) in [7, 11) is 1.46. The van der Waals surface area contributed by atoms with E-state index in [2.05, 4.69) is 15.9 Å². The number of nitrogens with zero attached hydrogens (tertiary/aromatic N) is 2. The Bertz CT molecular complexity index is 1180. The third-order valence-corrected chi connectivity index (χ3v) is 6.28. The van der Waals surface area contributed by atoms with Crippen molar-refractivity contribution in [3.05, 3.63) is 82.8 Å². The van der Waals surface area contributed by atoms with Gasteiger partial charge in [0.05, 0.1) is 24.5 Å². The van der Waals surface area contributed by atoms with Gasteiger partial charge in [-0.2, -0.15) is 0 Å². The number of ether oxygens (including phenoxy) is 1. The van der Waals surface area contributed by atoms with Gasteiger partial charge in [0.2, 0.25) is 5.91 Å². The van der Waals surface area contributed by atoms with Gasteiger partial charge in [0.1, 0.15) is 5.92 Å². The molecule has 7 nitrogen and oxygen atoms in total. The average molecular weight is 495 g/mol. The molecule has 1 N–H and O–H groups in total. The van der Waals surface area contributed by atoms with E-state index in [1.54, 1.807) is 41.5 Å². The monoisotopic (exact) mass is 494 g/mol. The minimum atomic E-state index is -0.962. The number of hydroxylamine groups is 1. The molecule has 3 aromatic rings. The number of phenolic OH excluding ortho intramolecular Hbond substituents is 1. The molecule has 32 heavy (non-hydrogen) atoms. The lowest BCUT2D eigenvalue weighted by Gasteiger charge is -2.29. The highest BCUT2D eigenvalue weighted by molar-refractivity contribution is 9.10. The predicted octanol–water partition coefficient (Wildman–Crippen LogP) is 4.21. The molecule has 2 saturated heterocycles. The topological polar surface area (TPSA) is 79.3 Å². The molecule has 2 aliphatic heterocycles. The van der Waals surface area contributed by atoms with Gasteiger partial charge in [0, 0.05) is 4.47 Å². The molecule has 8 heteroatoms. The predicted molar refractivity (Wildman–Crippen MR) is 121 cm³/mol. The number of amides is 2. The SMILES string of the molecule is COc1cc([C@H]2[C@H]3C(=O)N(c4ccc(Br)cc4)C(=O)[C@@H]3ON2c2ccccc2)ccc1O. The van der Waals surface area contributed by atoms with Crippen molar-refractivity contribution in [1.29, 1.82) is 0 Å². The Balaban J connectivity index is 1.60. The number of rotatable bonds is 4. The summed E-state index contributed by atoms with van der Waals surface area (Å²) in [5.74, 6) is -1.24. The Morgan fingerprint density at radius 2 is 1.66 bits per heavy atom.